The van der Waals surface area contributed by atoms with Crippen LogP contribution in [0.4, 0.5) is 0 Å². The van der Waals surface area contributed by atoms with Crippen LogP contribution < -0.4 is 5.32 Å². The van der Waals surface area contributed by atoms with Crippen molar-refractivity contribution in [2.45, 2.75) is 59.5 Å². The van der Waals surface area contributed by atoms with Crippen molar-refractivity contribution in [2.75, 3.05) is 0 Å². The lowest BCUT2D eigenvalue weighted by atomic mass is 10.0. The molecule has 0 fully saturated rings. The SMILES string of the molecule is Cc1ccccc1[C@@H](C)N[C@@H](C)c1sc(C(C)C)nc1C. The molecule has 2 aromatic rings. The second-order valence-corrected chi connectivity index (χ2v) is 7.19. The maximum atomic E-state index is 4.71. The van der Waals surface area contributed by atoms with Crippen LogP contribution in [0.3, 0.4) is 0 Å². The van der Waals surface area contributed by atoms with E-state index < -0.39 is 0 Å². The summed E-state index contributed by atoms with van der Waals surface area (Å²) in [4.78, 5) is 6.07. The fourth-order valence-corrected chi connectivity index (χ4v) is 3.77. The van der Waals surface area contributed by atoms with Gasteiger partial charge in [-0.05, 0) is 38.8 Å². The van der Waals surface area contributed by atoms with Crippen LogP contribution in [-0.2, 0) is 0 Å². The lowest BCUT2D eigenvalue weighted by molar-refractivity contribution is 0.496. The van der Waals surface area contributed by atoms with Gasteiger partial charge in [0.15, 0.2) is 0 Å². The van der Waals surface area contributed by atoms with Crippen LogP contribution in [-0.4, -0.2) is 4.98 Å². The first-order chi connectivity index (χ1) is 9.90. The van der Waals surface area contributed by atoms with Crippen molar-refractivity contribution >= 4 is 11.3 Å². The molecule has 1 heterocycles. The standard InChI is InChI=1S/C18H26N2S/c1-11(2)18-20-15(6)17(21-18)14(5)19-13(4)16-10-8-7-9-12(16)3/h7-11,13-14,19H,1-6H3/t13-,14+/m1/s1. The Bertz CT molecular complexity index is 601. The van der Waals surface area contributed by atoms with E-state index in [1.165, 1.54) is 26.7 Å². The van der Waals surface area contributed by atoms with Gasteiger partial charge in [0.25, 0.3) is 0 Å². The molecule has 0 saturated carbocycles. The second-order valence-electron chi connectivity index (χ2n) is 6.12. The van der Waals surface area contributed by atoms with Crippen LogP contribution in [0.5, 0.6) is 0 Å². The predicted octanol–water partition coefficient (Wildman–Crippen LogP) is 5.30. The van der Waals surface area contributed by atoms with Gasteiger partial charge in [0.1, 0.15) is 0 Å². The Morgan fingerprint density at radius 2 is 1.67 bits per heavy atom. The van der Waals surface area contributed by atoms with E-state index in [1.54, 1.807) is 0 Å². The first-order valence-corrected chi connectivity index (χ1v) is 8.50. The van der Waals surface area contributed by atoms with E-state index in [-0.39, 0.29) is 0 Å². The van der Waals surface area contributed by atoms with Gasteiger partial charge in [0, 0.05) is 22.9 Å². The van der Waals surface area contributed by atoms with Crippen LogP contribution in [0.2, 0.25) is 0 Å². The van der Waals surface area contributed by atoms with Crippen LogP contribution in [0, 0.1) is 13.8 Å². The van der Waals surface area contributed by atoms with Gasteiger partial charge in [-0.15, -0.1) is 11.3 Å². The molecular weight excluding hydrogens is 276 g/mol. The Kier molecular flexibility index (Phi) is 5.17. The molecule has 1 N–H and O–H groups in total. The maximum Gasteiger partial charge on any atom is 0.0956 e. The minimum Gasteiger partial charge on any atom is -0.303 e. The van der Waals surface area contributed by atoms with Crippen LogP contribution in [0.1, 0.15) is 72.4 Å². The van der Waals surface area contributed by atoms with Crippen molar-refractivity contribution in [3.63, 3.8) is 0 Å². The number of hydrogen-bond acceptors (Lipinski definition) is 3. The monoisotopic (exact) mass is 302 g/mol. The zero-order chi connectivity index (χ0) is 15.6. The molecule has 2 atom stereocenters. The van der Waals surface area contributed by atoms with E-state index >= 15 is 0 Å². The number of nitrogens with one attached hydrogen (secondary N) is 1. The molecule has 0 radical (unpaired) electrons. The zero-order valence-corrected chi connectivity index (χ0v) is 14.7. The second kappa shape index (κ2) is 6.71. The fourth-order valence-electron chi connectivity index (χ4n) is 2.69. The lowest BCUT2D eigenvalue weighted by Gasteiger charge is -2.21. The van der Waals surface area contributed by atoms with Crippen molar-refractivity contribution < 1.29 is 0 Å². The molecule has 0 saturated heterocycles. The molecule has 0 aliphatic carbocycles. The van der Waals surface area contributed by atoms with Crippen LogP contribution in [0.25, 0.3) is 0 Å². The van der Waals surface area contributed by atoms with E-state index in [1.807, 2.05) is 11.3 Å². The molecular formula is C18H26N2S. The molecule has 2 rings (SSSR count). The molecule has 0 amide bonds. The number of thiazole rings is 1. The summed E-state index contributed by atoms with van der Waals surface area (Å²) >= 11 is 1.84. The van der Waals surface area contributed by atoms with Gasteiger partial charge in [-0.2, -0.15) is 0 Å². The van der Waals surface area contributed by atoms with E-state index in [2.05, 4.69) is 71.1 Å². The molecule has 21 heavy (non-hydrogen) atoms. The summed E-state index contributed by atoms with van der Waals surface area (Å²) < 4.78 is 0. The summed E-state index contributed by atoms with van der Waals surface area (Å²) in [5.74, 6) is 0.503. The van der Waals surface area contributed by atoms with E-state index in [0.29, 0.717) is 18.0 Å². The predicted molar refractivity (Wildman–Crippen MR) is 92.1 cm³/mol. The van der Waals surface area contributed by atoms with Gasteiger partial charge in [-0.25, -0.2) is 4.98 Å². The van der Waals surface area contributed by atoms with Crippen molar-refractivity contribution in [3.8, 4) is 0 Å². The third-order valence-electron chi connectivity index (χ3n) is 3.89. The van der Waals surface area contributed by atoms with E-state index in [0.717, 1.165) is 0 Å². The molecule has 0 aliphatic rings. The Balaban J connectivity index is 2.14. The third kappa shape index (κ3) is 3.72. The van der Waals surface area contributed by atoms with Crippen molar-refractivity contribution in [2.24, 2.45) is 0 Å². The summed E-state index contributed by atoms with van der Waals surface area (Å²) in [5, 5.41) is 4.95. The summed E-state index contributed by atoms with van der Waals surface area (Å²) in [7, 11) is 0. The van der Waals surface area contributed by atoms with E-state index in [9.17, 15) is 0 Å². The highest BCUT2D eigenvalue weighted by atomic mass is 32.1. The molecule has 1 aromatic heterocycles. The number of hydrogen-bond donors (Lipinski definition) is 1. The highest BCUT2D eigenvalue weighted by Crippen LogP contribution is 2.31. The van der Waals surface area contributed by atoms with E-state index in [4.69, 9.17) is 4.98 Å². The zero-order valence-electron chi connectivity index (χ0n) is 13.9. The van der Waals surface area contributed by atoms with Gasteiger partial charge in [-0.3, -0.25) is 0 Å². The summed E-state index contributed by atoms with van der Waals surface area (Å²) in [5.41, 5.74) is 3.88. The minimum atomic E-state index is 0.324. The quantitative estimate of drug-likeness (QED) is 0.811. The first kappa shape index (κ1) is 16.2. The number of aryl methyl sites for hydroxylation is 2. The highest BCUT2D eigenvalue weighted by molar-refractivity contribution is 7.11. The average Bonchev–Trinajstić information content (AvgIpc) is 2.81. The molecule has 114 valence electrons. The van der Waals surface area contributed by atoms with Crippen molar-refractivity contribution in [3.05, 3.63) is 51.0 Å². The fraction of sp³-hybridized carbons (Fsp3) is 0.500. The molecule has 3 heteroatoms. The normalized spacial score (nSPS) is 14.4. The van der Waals surface area contributed by atoms with Gasteiger partial charge in [0.2, 0.25) is 0 Å². The molecule has 0 spiro atoms. The molecule has 0 unspecified atom stereocenters. The summed E-state index contributed by atoms with van der Waals surface area (Å²) in [6.45, 7) is 13.2. The van der Waals surface area contributed by atoms with Crippen LogP contribution in [0.15, 0.2) is 24.3 Å². The number of nitrogens with zero attached hydrogens (tertiary/aromatic N) is 1. The first-order valence-electron chi connectivity index (χ1n) is 7.69. The highest BCUT2D eigenvalue weighted by Gasteiger charge is 2.18. The Labute approximate surface area is 132 Å². The molecule has 0 bridgehead atoms. The number of rotatable bonds is 5. The third-order valence-corrected chi connectivity index (χ3v) is 5.53. The molecule has 1 aromatic carbocycles. The lowest BCUT2D eigenvalue weighted by Crippen LogP contribution is -2.22. The van der Waals surface area contributed by atoms with Crippen molar-refractivity contribution in [1.82, 2.24) is 10.3 Å². The Hall–Kier alpha value is -1.19. The summed E-state index contributed by atoms with van der Waals surface area (Å²) in [6.07, 6.45) is 0. The van der Waals surface area contributed by atoms with Gasteiger partial charge < -0.3 is 5.32 Å². The number of aromatic nitrogens is 1. The number of benzene rings is 1. The minimum absolute atomic E-state index is 0.324. The molecule has 2 nitrogen and oxygen atoms in total. The smallest absolute Gasteiger partial charge is 0.0956 e. The summed E-state index contributed by atoms with van der Waals surface area (Å²) in [6, 6.07) is 9.25. The van der Waals surface area contributed by atoms with Gasteiger partial charge >= 0.3 is 0 Å². The Morgan fingerprint density at radius 3 is 2.24 bits per heavy atom. The Morgan fingerprint density at radius 1 is 1.00 bits per heavy atom. The van der Waals surface area contributed by atoms with Gasteiger partial charge in [-0.1, -0.05) is 38.1 Å². The maximum absolute atomic E-state index is 4.71. The largest absolute Gasteiger partial charge is 0.303 e. The van der Waals surface area contributed by atoms with Crippen LogP contribution >= 0.6 is 11.3 Å². The topological polar surface area (TPSA) is 24.9 Å². The molecule has 0 aliphatic heterocycles. The average molecular weight is 302 g/mol. The van der Waals surface area contributed by atoms with Crippen molar-refractivity contribution in [1.29, 1.82) is 0 Å². The van der Waals surface area contributed by atoms with Gasteiger partial charge in [0.05, 0.1) is 10.7 Å².